The van der Waals surface area contributed by atoms with Gasteiger partial charge in [-0.05, 0) is 30.4 Å². The molecule has 0 fully saturated rings. The number of carbonyl (C=O) groups excluding carboxylic acids is 1. The number of nitrogens with zero attached hydrogens (tertiary/aromatic N) is 1. The van der Waals surface area contributed by atoms with Crippen molar-refractivity contribution in [3.8, 4) is 0 Å². The molecule has 27 heavy (non-hydrogen) atoms. The van der Waals surface area contributed by atoms with E-state index in [1.165, 1.54) is 10.4 Å². The van der Waals surface area contributed by atoms with E-state index in [1.54, 1.807) is 11.3 Å². The lowest BCUT2D eigenvalue weighted by Crippen LogP contribution is -2.43. The SMILES string of the molecule is CCNC(=NCC(=O)NCCc1ccccc1)NCC(C)(C)c1cccs1. The first-order chi connectivity index (χ1) is 13.0. The van der Waals surface area contributed by atoms with E-state index < -0.39 is 0 Å². The van der Waals surface area contributed by atoms with Crippen LogP contribution in [0.15, 0.2) is 52.8 Å². The van der Waals surface area contributed by atoms with Gasteiger partial charge in [0.2, 0.25) is 5.91 Å². The van der Waals surface area contributed by atoms with Crippen LogP contribution in [0.1, 0.15) is 31.2 Å². The van der Waals surface area contributed by atoms with Crippen LogP contribution < -0.4 is 16.0 Å². The second-order valence-corrected chi connectivity index (χ2v) is 7.94. The van der Waals surface area contributed by atoms with Crippen LogP contribution in [0.3, 0.4) is 0 Å². The van der Waals surface area contributed by atoms with E-state index in [0.29, 0.717) is 12.5 Å². The van der Waals surface area contributed by atoms with Gasteiger partial charge in [0, 0.05) is 29.9 Å². The summed E-state index contributed by atoms with van der Waals surface area (Å²) in [5.41, 5.74) is 1.22. The highest BCUT2D eigenvalue weighted by Crippen LogP contribution is 2.26. The molecular formula is C21H30N4OS. The Morgan fingerprint density at radius 3 is 2.52 bits per heavy atom. The minimum Gasteiger partial charge on any atom is -0.357 e. The maximum atomic E-state index is 12.1. The van der Waals surface area contributed by atoms with Gasteiger partial charge in [-0.25, -0.2) is 4.99 Å². The highest BCUT2D eigenvalue weighted by atomic mass is 32.1. The van der Waals surface area contributed by atoms with E-state index in [9.17, 15) is 4.79 Å². The molecule has 0 spiro atoms. The lowest BCUT2D eigenvalue weighted by molar-refractivity contribution is -0.119. The van der Waals surface area contributed by atoms with Gasteiger partial charge in [0.25, 0.3) is 0 Å². The van der Waals surface area contributed by atoms with Crippen molar-refractivity contribution in [1.82, 2.24) is 16.0 Å². The molecule has 1 aromatic carbocycles. The first-order valence-corrected chi connectivity index (χ1v) is 10.3. The lowest BCUT2D eigenvalue weighted by Gasteiger charge is -2.25. The molecule has 1 amide bonds. The average Bonchev–Trinajstić information content (AvgIpc) is 3.21. The molecule has 0 atom stereocenters. The summed E-state index contributed by atoms with van der Waals surface area (Å²) in [4.78, 5) is 17.8. The maximum Gasteiger partial charge on any atom is 0.241 e. The summed E-state index contributed by atoms with van der Waals surface area (Å²) in [6.45, 7) is 8.64. The van der Waals surface area contributed by atoms with Gasteiger partial charge in [0.15, 0.2) is 5.96 Å². The molecule has 5 nitrogen and oxygen atoms in total. The Kier molecular flexibility index (Phi) is 8.33. The number of guanidine groups is 1. The Balaban J connectivity index is 1.79. The summed E-state index contributed by atoms with van der Waals surface area (Å²) in [5, 5.41) is 11.6. The quantitative estimate of drug-likeness (QED) is 0.459. The van der Waals surface area contributed by atoms with Crippen LogP contribution in [0, 0.1) is 0 Å². The summed E-state index contributed by atoms with van der Waals surface area (Å²) < 4.78 is 0. The number of rotatable bonds is 9. The Labute approximate surface area is 166 Å². The van der Waals surface area contributed by atoms with Crippen molar-refractivity contribution >= 4 is 23.2 Å². The molecule has 1 aromatic heterocycles. The van der Waals surface area contributed by atoms with Crippen molar-refractivity contribution in [1.29, 1.82) is 0 Å². The second-order valence-electron chi connectivity index (χ2n) is 7.00. The monoisotopic (exact) mass is 386 g/mol. The van der Waals surface area contributed by atoms with Gasteiger partial charge in [-0.1, -0.05) is 50.2 Å². The van der Waals surface area contributed by atoms with Crippen LogP contribution in [-0.4, -0.2) is 38.0 Å². The number of hydrogen-bond donors (Lipinski definition) is 3. The molecule has 3 N–H and O–H groups in total. The topological polar surface area (TPSA) is 65.5 Å². The Morgan fingerprint density at radius 1 is 1.07 bits per heavy atom. The molecule has 0 bridgehead atoms. The average molecular weight is 387 g/mol. The minimum atomic E-state index is -0.0688. The first-order valence-electron chi connectivity index (χ1n) is 9.38. The third kappa shape index (κ3) is 7.43. The number of amides is 1. The van der Waals surface area contributed by atoms with Crippen LogP contribution in [0.4, 0.5) is 0 Å². The molecule has 0 saturated carbocycles. The summed E-state index contributed by atoms with van der Waals surface area (Å²) in [6, 6.07) is 14.4. The zero-order valence-electron chi connectivity index (χ0n) is 16.4. The summed E-state index contributed by atoms with van der Waals surface area (Å²) in [7, 11) is 0. The molecular weight excluding hydrogens is 356 g/mol. The molecule has 0 saturated heterocycles. The van der Waals surface area contributed by atoms with Crippen LogP contribution in [0.2, 0.25) is 0 Å². The molecule has 0 aliphatic carbocycles. The Morgan fingerprint density at radius 2 is 1.85 bits per heavy atom. The lowest BCUT2D eigenvalue weighted by atomic mass is 9.91. The number of carbonyl (C=O) groups is 1. The number of thiophene rings is 1. The molecule has 0 aliphatic rings. The van der Waals surface area contributed by atoms with Gasteiger partial charge in [-0.15, -0.1) is 11.3 Å². The van der Waals surface area contributed by atoms with E-state index in [0.717, 1.165) is 19.5 Å². The number of benzene rings is 1. The Bertz CT molecular complexity index is 711. The number of hydrogen-bond acceptors (Lipinski definition) is 3. The van der Waals surface area contributed by atoms with E-state index in [-0.39, 0.29) is 17.9 Å². The first kappa shape index (κ1) is 21.0. The summed E-state index contributed by atoms with van der Waals surface area (Å²) in [5.74, 6) is 0.598. The van der Waals surface area contributed by atoms with Crippen LogP contribution >= 0.6 is 11.3 Å². The van der Waals surface area contributed by atoms with Gasteiger partial charge < -0.3 is 16.0 Å². The highest BCUT2D eigenvalue weighted by Gasteiger charge is 2.21. The summed E-state index contributed by atoms with van der Waals surface area (Å²) >= 11 is 1.76. The molecule has 1 heterocycles. The van der Waals surface area contributed by atoms with Gasteiger partial charge in [-0.2, -0.15) is 0 Å². The zero-order chi connectivity index (χ0) is 19.5. The number of nitrogens with one attached hydrogen (secondary N) is 3. The highest BCUT2D eigenvalue weighted by molar-refractivity contribution is 7.10. The predicted octanol–water partition coefficient (Wildman–Crippen LogP) is 2.94. The predicted molar refractivity (Wildman–Crippen MR) is 114 cm³/mol. The smallest absolute Gasteiger partial charge is 0.241 e. The molecule has 0 aliphatic heterocycles. The minimum absolute atomic E-state index is 0.00228. The van der Waals surface area contributed by atoms with E-state index in [1.807, 2.05) is 25.1 Å². The van der Waals surface area contributed by atoms with E-state index >= 15 is 0 Å². The maximum absolute atomic E-state index is 12.1. The zero-order valence-corrected chi connectivity index (χ0v) is 17.2. The molecule has 6 heteroatoms. The van der Waals surface area contributed by atoms with Gasteiger partial charge in [0.1, 0.15) is 6.54 Å². The third-order valence-corrected chi connectivity index (χ3v) is 5.43. The van der Waals surface area contributed by atoms with Crippen molar-refractivity contribution in [2.45, 2.75) is 32.6 Å². The second kappa shape index (κ2) is 10.7. The van der Waals surface area contributed by atoms with Gasteiger partial charge in [-0.3, -0.25) is 4.79 Å². The van der Waals surface area contributed by atoms with Gasteiger partial charge >= 0.3 is 0 Å². The normalized spacial score (nSPS) is 11.9. The van der Waals surface area contributed by atoms with Crippen molar-refractivity contribution in [3.63, 3.8) is 0 Å². The van der Waals surface area contributed by atoms with Crippen molar-refractivity contribution in [3.05, 3.63) is 58.3 Å². The fourth-order valence-electron chi connectivity index (χ4n) is 2.59. The number of aliphatic imine (C=N–C) groups is 1. The van der Waals surface area contributed by atoms with Crippen molar-refractivity contribution in [2.75, 3.05) is 26.2 Å². The molecule has 2 rings (SSSR count). The molecule has 0 radical (unpaired) electrons. The molecule has 146 valence electrons. The Hall–Kier alpha value is -2.34. The largest absolute Gasteiger partial charge is 0.357 e. The van der Waals surface area contributed by atoms with E-state index in [4.69, 9.17) is 0 Å². The fourth-order valence-corrected chi connectivity index (χ4v) is 3.45. The molecule has 0 unspecified atom stereocenters. The fraction of sp³-hybridized carbons (Fsp3) is 0.429. The van der Waals surface area contributed by atoms with E-state index in [2.05, 4.69) is 64.4 Å². The van der Waals surface area contributed by atoms with Gasteiger partial charge in [0.05, 0.1) is 0 Å². The van der Waals surface area contributed by atoms with Crippen LogP contribution in [0.5, 0.6) is 0 Å². The summed E-state index contributed by atoms with van der Waals surface area (Å²) in [6.07, 6.45) is 0.823. The third-order valence-electron chi connectivity index (χ3n) is 4.19. The van der Waals surface area contributed by atoms with Crippen molar-refractivity contribution < 1.29 is 4.79 Å². The van der Waals surface area contributed by atoms with Crippen LogP contribution in [-0.2, 0) is 16.6 Å². The van der Waals surface area contributed by atoms with Crippen LogP contribution in [0.25, 0.3) is 0 Å². The molecule has 2 aromatic rings. The van der Waals surface area contributed by atoms with Crippen molar-refractivity contribution in [2.24, 2.45) is 4.99 Å². The standard InChI is InChI=1S/C21H30N4OS/c1-4-22-20(25-16-21(2,3)18-11-8-14-27-18)24-15-19(26)23-13-12-17-9-6-5-7-10-17/h5-11,14H,4,12-13,15-16H2,1-3H3,(H,23,26)(H2,22,24,25).